The van der Waals surface area contributed by atoms with Crippen molar-refractivity contribution < 1.29 is 9.53 Å². The normalized spacial score (nSPS) is 10.5. The lowest BCUT2D eigenvalue weighted by Crippen LogP contribution is -2.13. The Kier molecular flexibility index (Phi) is 3.69. The highest BCUT2D eigenvalue weighted by Gasteiger charge is 2.13. The molecule has 4 heteroatoms. The zero-order valence-corrected chi connectivity index (χ0v) is 10.1. The number of carbonyl (C=O) groups is 1. The van der Waals surface area contributed by atoms with Crippen LogP contribution in [0, 0.1) is 13.8 Å². The van der Waals surface area contributed by atoms with E-state index in [1.807, 2.05) is 13.8 Å². The molecule has 82 valence electrons. The number of nitrogens with zero attached hydrogens (tertiary/aromatic N) is 1. The van der Waals surface area contributed by atoms with Gasteiger partial charge in [-0.3, -0.25) is 0 Å². The minimum atomic E-state index is -0.435. The SMILES string of the molecule is Cc1cc(C(=O)OC(C)C)nc(Cl)c1C. The Morgan fingerprint density at radius 1 is 1.47 bits per heavy atom. The monoisotopic (exact) mass is 227 g/mol. The van der Waals surface area contributed by atoms with Crippen molar-refractivity contribution in [2.24, 2.45) is 0 Å². The molecule has 1 heterocycles. The molecule has 0 atom stereocenters. The molecule has 0 aliphatic rings. The fourth-order valence-electron chi connectivity index (χ4n) is 1.08. The van der Waals surface area contributed by atoms with Gasteiger partial charge in [-0.05, 0) is 44.9 Å². The highest BCUT2D eigenvalue weighted by atomic mass is 35.5. The first kappa shape index (κ1) is 12.0. The van der Waals surface area contributed by atoms with E-state index in [4.69, 9.17) is 16.3 Å². The van der Waals surface area contributed by atoms with E-state index in [2.05, 4.69) is 4.98 Å². The molecule has 0 amide bonds. The number of hydrogen-bond donors (Lipinski definition) is 0. The van der Waals surface area contributed by atoms with E-state index in [0.29, 0.717) is 5.15 Å². The van der Waals surface area contributed by atoms with E-state index >= 15 is 0 Å². The lowest BCUT2D eigenvalue weighted by atomic mass is 10.1. The van der Waals surface area contributed by atoms with E-state index in [9.17, 15) is 4.79 Å². The number of carbonyl (C=O) groups excluding carboxylic acids is 1. The molecule has 0 aliphatic carbocycles. The Morgan fingerprint density at radius 3 is 2.53 bits per heavy atom. The maximum Gasteiger partial charge on any atom is 0.357 e. The van der Waals surface area contributed by atoms with Gasteiger partial charge in [-0.15, -0.1) is 0 Å². The molecule has 0 bridgehead atoms. The summed E-state index contributed by atoms with van der Waals surface area (Å²) in [7, 11) is 0. The van der Waals surface area contributed by atoms with Gasteiger partial charge < -0.3 is 4.74 Å². The van der Waals surface area contributed by atoms with Crippen LogP contribution < -0.4 is 0 Å². The van der Waals surface area contributed by atoms with Gasteiger partial charge in [0, 0.05) is 0 Å². The molecule has 0 N–H and O–H groups in total. The Morgan fingerprint density at radius 2 is 2.07 bits per heavy atom. The first-order valence-electron chi connectivity index (χ1n) is 4.76. The van der Waals surface area contributed by atoms with Crippen LogP contribution in [0.2, 0.25) is 5.15 Å². The van der Waals surface area contributed by atoms with Crippen molar-refractivity contribution in [2.45, 2.75) is 33.8 Å². The summed E-state index contributed by atoms with van der Waals surface area (Å²) in [5, 5.41) is 0.353. The molecule has 0 saturated carbocycles. The third kappa shape index (κ3) is 2.93. The maximum atomic E-state index is 11.5. The average molecular weight is 228 g/mol. The molecule has 15 heavy (non-hydrogen) atoms. The molecular formula is C11H14ClNO2. The van der Waals surface area contributed by atoms with Crippen LogP contribution in [0.1, 0.15) is 35.5 Å². The zero-order valence-electron chi connectivity index (χ0n) is 9.30. The predicted octanol–water partition coefficient (Wildman–Crippen LogP) is 2.92. The van der Waals surface area contributed by atoms with Crippen LogP contribution >= 0.6 is 11.6 Å². The lowest BCUT2D eigenvalue weighted by Gasteiger charge is -2.09. The fourth-order valence-corrected chi connectivity index (χ4v) is 1.32. The number of ether oxygens (including phenoxy) is 1. The summed E-state index contributed by atoms with van der Waals surface area (Å²) in [5.74, 6) is -0.435. The lowest BCUT2D eigenvalue weighted by molar-refractivity contribution is 0.0371. The number of esters is 1. The molecule has 0 saturated heterocycles. The first-order chi connectivity index (χ1) is 6.91. The topological polar surface area (TPSA) is 39.2 Å². The summed E-state index contributed by atoms with van der Waals surface area (Å²) in [4.78, 5) is 15.5. The molecule has 3 nitrogen and oxygen atoms in total. The van der Waals surface area contributed by atoms with Gasteiger partial charge in [0.25, 0.3) is 0 Å². The van der Waals surface area contributed by atoms with E-state index in [1.54, 1.807) is 19.9 Å². The summed E-state index contributed by atoms with van der Waals surface area (Å²) >= 11 is 5.88. The zero-order chi connectivity index (χ0) is 11.6. The largest absolute Gasteiger partial charge is 0.458 e. The van der Waals surface area contributed by atoms with Crippen LogP contribution in [0.3, 0.4) is 0 Å². The minimum absolute atomic E-state index is 0.153. The highest BCUT2D eigenvalue weighted by Crippen LogP contribution is 2.18. The van der Waals surface area contributed by atoms with Crippen molar-refractivity contribution >= 4 is 17.6 Å². The molecule has 1 aromatic heterocycles. The fraction of sp³-hybridized carbons (Fsp3) is 0.455. The Balaban J connectivity index is 3.01. The highest BCUT2D eigenvalue weighted by molar-refractivity contribution is 6.30. The molecule has 0 aliphatic heterocycles. The molecule has 0 spiro atoms. The van der Waals surface area contributed by atoms with Crippen LogP contribution in [-0.4, -0.2) is 17.1 Å². The van der Waals surface area contributed by atoms with Gasteiger partial charge in [0.2, 0.25) is 0 Å². The van der Waals surface area contributed by atoms with Gasteiger partial charge in [-0.1, -0.05) is 11.6 Å². The summed E-state index contributed by atoms with van der Waals surface area (Å²) in [5.41, 5.74) is 2.08. The van der Waals surface area contributed by atoms with Crippen molar-refractivity contribution in [3.05, 3.63) is 28.0 Å². The molecule has 1 rings (SSSR count). The Bertz CT molecular complexity index is 365. The summed E-state index contributed by atoms with van der Waals surface area (Å²) in [6, 6.07) is 1.69. The average Bonchev–Trinajstić information content (AvgIpc) is 2.12. The maximum absolute atomic E-state index is 11.5. The van der Waals surface area contributed by atoms with Gasteiger partial charge in [0.15, 0.2) is 0 Å². The van der Waals surface area contributed by atoms with Gasteiger partial charge in [-0.2, -0.15) is 0 Å². The van der Waals surface area contributed by atoms with Crippen molar-refractivity contribution in [2.75, 3.05) is 0 Å². The van der Waals surface area contributed by atoms with Crippen LogP contribution in [-0.2, 0) is 4.74 Å². The number of halogens is 1. The molecule has 0 fully saturated rings. The predicted molar refractivity (Wildman–Crippen MR) is 59.3 cm³/mol. The van der Waals surface area contributed by atoms with Crippen molar-refractivity contribution in [3.8, 4) is 0 Å². The third-order valence-corrected chi connectivity index (χ3v) is 2.39. The second kappa shape index (κ2) is 4.62. The number of pyridine rings is 1. The summed E-state index contributed by atoms with van der Waals surface area (Å²) in [6.45, 7) is 7.33. The smallest absolute Gasteiger partial charge is 0.357 e. The molecular weight excluding hydrogens is 214 g/mol. The van der Waals surface area contributed by atoms with Crippen LogP contribution in [0.5, 0.6) is 0 Å². The Labute approximate surface area is 94.4 Å². The minimum Gasteiger partial charge on any atom is -0.458 e. The van der Waals surface area contributed by atoms with Crippen LogP contribution in [0.25, 0.3) is 0 Å². The Hall–Kier alpha value is -1.09. The second-order valence-corrected chi connectivity index (χ2v) is 4.05. The van der Waals surface area contributed by atoms with Gasteiger partial charge in [0.1, 0.15) is 10.8 Å². The van der Waals surface area contributed by atoms with Gasteiger partial charge >= 0.3 is 5.97 Å². The molecule has 1 aromatic rings. The number of hydrogen-bond acceptors (Lipinski definition) is 3. The van der Waals surface area contributed by atoms with E-state index < -0.39 is 5.97 Å². The van der Waals surface area contributed by atoms with E-state index in [1.165, 1.54) is 0 Å². The standard InChI is InChI=1S/C11H14ClNO2/c1-6(2)15-11(14)9-5-7(3)8(4)10(12)13-9/h5-6H,1-4H3. The van der Waals surface area contributed by atoms with E-state index in [-0.39, 0.29) is 11.8 Å². The second-order valence-electron chi connectivity index (χ2n) is 3.69. The third-order valence-electron chi connectivity index (χ3n) is 2.02. The van der Waals surface area contributed by atoms with Crippen molar-refractivity contribution in [1.29, 1.82) is 0 Å². The number of aromatic nitrogens is 1. The number of rotatable bonds is 2. The quantitative estimate of drug-likeness (QED) is 0.576. The van der Waals surface area contributed by atoms with Crippen molar-refractivity contribution in [3.63, 3.8) is 0 Å². The van der Waals surface area contributed by atoms with Gasteiger partial charge in [-0.25, -0.2) is 9.78 Å². The first-order valence-corrected chi connectivity index (χ1v) is 5.14. The van der Waals surface area contributed by atoms with Crippen molar-refractivity contribution in [1.82, 2.24) is 4.98 Å². The summed E-state index contributed by atoms with van der Waals surface area (Å²) in [6.07, 6.45) is -0.153. The number of aryl methyl sites for hydroxylation is 1. The van der Waals surface area contributed by atoms with Gasteiger partial charge in [0.05, 0.1) is 6.10 Å². The molecule has 0 aromatic carbocycles. The van der Waals surface area contributed by atoms with Crippen LogP contribution in [0.4, 0.5) is 0 Å². The van der Waals surface area contributed by atoms with E-state index in [0.717, 1.165) is 11.1 Å². The van der Waals surface area contributed by atoms with Crippen LogP contribution in [0.15, 0.2) is 6.07 Å². The molecule has 0 unspecified atom stereocenters. The molecule has 0 radical (unpaired) electrons. The summed E-state index contributed by atoms with van der Waals surface area (Å²) < 4.78 is 5.03.